The number of carbonyl (C=O) groups excluding carboxylic acids is 1. The van der Waals surface area contributed by atoms with Crippen molar-refractivity contribution in [2.24, 2.45) is 0 Å². The van der Waals surface area contributed by atoms with E-state index in [0.717, 1.165) is 11.3 Å². The van der Waals surface area contributed by atoms with Gasteiger partial charge in [0.1, 0.15) is 6.33 Å². The zero-order valence-corrected chi connectivity index (χ0v) is 16.1. The van der Waals surface area contributed by atoms with E-state index in [1.54, 1.807) is 6.33 Å². The maximum absolute atomic E-state index is 12.1. The molecule has 0 fully saturated rings. The molecule has 26 heavy (non-hydrogen) atoms. The van der Waals surface area contributed by atoms with Gasteiger partial charge in [0.25, 0.3) is 0 Å². The first-order valence-electron chi connectivity index (χ1n) is 8.15. The van der Waals surface area contributed by atoms with Crippen molar-refractivity contribution in [2.75, 3.05) is 5.75 Å². The standard InChI is InChI=1S/C19H19ClN4OS/c1-13-7-8-16(9-14(13)2)24-12-22-23-19(24)26-11-18(25)21-10-15-5-3-4-6-17(15)20/h3-9,12H,10-11H2,1-2H3,(H,21,25). The summed E-state index contributed by atoms with van der Waals surface area (Å²) < 4.78 is 1.89. The Balaban J connectivity index is 1.60. The number of nitrogens with zero attached hydrogens (tertiary/aromatic N) is 3. The van der Waals surface area contributed by atoms with Gasteiger partial charge >= 0.3 is 0 Å². The second-order valence-corrected chi connectivity index (χ2v) is 7.26. The Morgan fingerprint density at radius 2 is 2.00 bits per heavy atom. The van der Waals surface area contributed by atoms with Gasteiger partial charge in [0.2, 0.25) is 5.91 Å². The molecule has 1 amide bonds. The first-order valence-corrected chi connectivity index (χ1v) is 9.51. The minimum atomic E-state index is -0.0791. The van der Waals surface area contributed by atoms with Gasteiger partial charge in [-0.25, -0.2) is 0 Å². The van der Waals surface area contributed by atoms with Gasteiger partial charge in [0, 0.05) is 17.3 Å². The molecule has 5 nitrogen and oxygen atoms in total. The lowest BCUT2D eigenvalue weighted by Crippen LogP contribution is -2.24. The van der Waals surface area contributed by atoms with Crippen molar-refractivity contribution in [1.82, 2.24) is 20.1 Å². The number of hydrogen-bond acceptors (Lipinski definition) is 4. The molecule has 1 heterocycles. The Morgan fingerprint density at radius 3 is 2.77 bits per heavy atom. The fraction of sp³-hybridized carbons (Fsp3) is 0.211. The summed E-state index contributed by atoms with van der Waals surface area (Å²) in [6.45, 7) is 4.55. The Bertz CT molecular complexity index is 925. The van der Waals surface area contributed by atoms with Crippen molar-refractivity contribution in [2.45, 2.75) is 25.5 Å². The van der Waals surface area contributed by atoms with E-state index in [1.807, 2.05) is 34.9 Å². The predicted molar refractivity (Wildman–Crippen MR) is 105 cm³/mol. The monoisotopic (exact) mass is 386 g/mol. The molecule has 3 rings (SSSR count). The van der Waals surface area contributed by atoms with E-state index < -0.39 is 0 Å². The molecule has 1 aromatic heterocycles. The molecule has 3 aromatic rings. The van der Waals surface area contributed by atoms with Crippen molar-refractivity contribution in [3.63, 3.8) is 0 Å². The summed E-state index contributed by atoms with van der Waals surface area (Å²) in [5.41, 5.74) is 4.31. The number of halogens is 1. The van der Waals surface area contributed by atoms with Gasteiger partial charge in [-0.3, -0.25) is 9.36 Å². The van der Waals surface area contributed by atoms with Crippen LogP contribution in [0.5, 0.6) is 0 Å². The highest BCUT2D eigenvalue weighted by atomic mass is 35.5. The lowest BCUT2D eigenvalue weighted by Gasteiger charge is -2.09. The lowest BCUT2D eigenvalue weighted by molar-refractivity contribution is -0.118. The molecule has 0 aliphatic rings. The second-order valence-electron chi connectivity index (χ2n) is 5.91. The summed E-state index contributed by atoms with van der Waals surface area (Å²) in [4.78, 5) is 12.1. The number of aromatic nitrogens is 3. The number of hydrogen-bond donors (Lipinski definition) is 1. The third kappa shape index (κ3) is 4.45. The van der Waals surface area contributed by atoms with Gasteiger partial charge in [-0.1, -0.05) is 47.6 Å². The molecule has 0 aliphatic carbocycles. The zero-order chi connectivity index (χ0) is 18.5. The van der Waals surface area contributed by atoms with Crippen LogP contribution in [0, 0.1) is 13.8 Å². The molecule has 0 spiro atoms. The maximum Gasteiger partial charge on any atom is 0.230 e. The molecule has 0 aliphatic heterocycles. The van der Waals surface area contributed by atoms with E-state index in [-0.39, 0.29) is 11.7 Å². The highest BCUT2D eigenvalue weighted by Gasteiger charge is 2.11. The smallest absolute Gasteiger partial charge is 0.230 e. The van der Waals surface area contributed by atoms with Gasteiger partial charge in [-0.15, -0.1) is 10.2 Å². The van der Waals surface area contributed by atoms with Crippen LogP contribution in [0.4, 0.5) is 0 Å². The van der Waals surface area contributed by atoms with Crippen LogP contribution in [0.3, 0.4) is 0 Å². The van der Waals surface area contributed by atoms with E-state index in [2.05, 4.69) is 41.5 Å². The fourth-order valence-electron chi connectivity index (χ4n) is 2.39. The van der Waals surface area contributed by atoms with Crippen LogP contribution < -0.4 is 5.32 Å². The van der Waals surface area contributed by atoms with Crippen LogP contribution >= 0.6 is 23.4 Å². The van der Waals surface area contributed by atoms with Crippen molar-refractivity contribution in [3.8, 4) is 5.69 Å². The summed E-state index contributed by atoms with van der Waals surface area (Å²) in [6, 6.07) is 13.6. The van der Waals surface area contributed by atoms with E-state index >= 15 is 0 Å². The highest BCUT2D eigenvalue weighted by molar-refractivity contribution is 7.99. The number of amides is 1. The van der Waals surface area contributed by atoms with Crippen LogP contribution in [-0.4, -0.2) is 26.4 Å². The summed E-state index contributed by atoms with van der Waals surface area (Å²) in [5, 5.41) is 12.3. The number of aryl methyl sites for hydroxylation is 2. The zero-order valence-electron chi connectivity index (χ0n) is 14.6. The Kier molecular flexibility index (Phi) is 5.96. The van der Waals surface area contributed by atoms with E-state index in [0.29, 0.717) is 16.7 Å². The second kappa shape index (κ2) is 8.38. The van der Waals surface area contributed by atoms with Gasteiger partial charge in [-0.2, -0.15) is 0 Å². The average molecular weight is 387 g/mol. The fourth-order valence-corrected chi connectivity index (χ4v) is 3.35. The number of nitrogens with one attached hydrogen (secondary N) is 1. The first-order chi connectivity index (χ1) is 12.5. The van der Waals surface area contributed by atoms with Crippen LogP contribution in [0.1, 0.15) is 16.7 Å². The van der Waals surface area contributed by atoms with Gasteiger partial charge in [0.15, 0.2) is 5.16 Å². The normalized spacial score (nSPS) is 10.7. The number of rotatable bonds is 6. The van der Waals surface area contributed by atoms with E-state index in [9.17, 15) is 4.79 Å². The summed E-state index contributed by atoms with van der Waals surface area (Å²) in [7, 11) is 0. The van der Waals surface area contributed by atoms with Crippen molar-refractivity contribution >= 4 is 29.3 Å². The molecule has 0 saturated carbocycles. The quantitative estimate of drug-likeness (QED) is 0.652. The minimum Gasteiger partial charge on any atom is -0.351 e. The van der Waals surface area contributed by atoms with Gasteiger partial charge in [-0.05, 0) is 48.7 Å². The molecule has 0 saturated heterocycles. The third-order valence-electron chi connectivity index (χ3n) is 4.05. The third-order valence-corrected chi connectivity index (χ3v) is 5.36. The molecule has 134 valence electrons. The van der Waals surface area contributed by atoms with Crippen molar-refractivity contribution in [3.05, 3.63) is 70.5 Å². The average Bonchev–Trinajstić information content (AvgIpc) is 3.10. The van der Waals surface area contributed by atoms with Crippen LogP contribution in [0.2, 0.25) is 5.02 Å². The van der Waals surface area contributed by atoms with Crippen molar-refractivity contribution < 1.29 is 4.79 Å². The maximum atomic E-state index is 12.1. The predicted octanol–water partition coefficient (Wildman–Crippen LogP) is 3.95. The number of benzene rings is 2. The molecule has 0 radical (unpaired) electrons. The Hall–Kier alpha value is -2.31. The number of thioether (sulfide) groups is 1. The Morgan fingerprint density at radius 1 is 1.19 bits per heavy atom. The SMILES string of the molecule is Cc1ccc(-n2cnnc2SCC(=O)NCc2ccccc2Cl)cc1C. The highest BCUT2D eigenvalue weighted by Crippen LogP contribution is 2.21. The topological polar surface area (TPSA) is 59.8 Å². The van der Waals surface area contributed by atoms with E-state index in [4.69, 9.17) is 11.6 Å². The molecular formula is C19H19ClN4OS. The molecule has 0 unspecified atom stereocenters. The Labute approximate surface area is 161 Å². The summed E-state index contributed by atoms with van der Waals surface area (Å²) in [5.74, 6) is 0.179. The molecule has 2 aromatic carbocycles. The minimum absolute atomic E-state index is 0.0791. The lowest BCUT2D eigenvalue weighted by atomic mass is 10.1. The van der Waals surface area contributed by atoms with Crippen molar-refractivity contribution in [1.29, 1.82) is 0 Å². The largest absolute Gasteiger partial charge is 0.351 e. The number of carbonyl (C=O) groups is 1. The van der Waals surface area contributed by atoms with Crippen LogP contribution in [-0.2, 0) is 11.3 Å². The summed E-state index contributed by atoms with van der Waals surface area (Å²) >= 11 is 7.45. The molecule has 0 bridgehead atoms. The van der Waals surface area contributed by atoms with Gasteiger partial charge in [0.05, 0.1) is 5.75 Å². The molecule has 0 atom stereocenters. The van der Waals surface area contributed by atoms with E-state index in [1.165, 1.54) is 22.9 Å². The van der Waals surface area contributed by atoms with Gasteiger partial charge < -0.3 is 5.32 Å². The molecule has 7 heteroatoms. The molecule has 1 N–H and O–H groups in total. The van der Waals surface area contributed by atoms with Crippen LogP contribution in [0.25, 0.3) is 5.69 Å². The summed E-state index contributed by atoms with van der Waals surface area (Å²) in [6.07, 6.45) is 1.66. The first kappa shape index (κ1) is 18.5. The molecular weight excluding hydrogens is 368 g/mol. The van der Waals surface area contributed by atoms with Crippen LogP contribution in [0.15, 0.2) is 53.9 Å².